The summed E-state index contributed by atoms with van der Waals surface area (Å²) in [6, 6.07) is 6.37. The lowest BCUT2D eigenvalue weighted by atomic mass is 9.98. The molecule has 3 nitrogen and oxygen atoms in total. The summed E-state index contributed by atoms with van der Waals surface area (Å²) in [6.07, 6.45) is 4.02. The van der Waals surface area contributed by atoms with Gasteiger partial charge in [-0.15, -0.1) is 0 Å². The molecule has 0 amide bonds. The second-order valence-electron chi connectivity index (χ2n) is 4.80. The molecule has 0 unspecified atom stereocenters. The number of fused-ring (bicyclic) bond motifs is 1. The van der Waals surface area contributed by atoms with E-state index in [0.29, 0.717) is 6.54 Å². The summed E-state index contributed by atoms with van der Waals surface area (Å²) in [7, 11) is 0. The number of aromatic amines is 1. The van der Waals surface area contributed by atoms with Crippen LogP contribution in [0.1, 0.15) is 29.7 Å². The van der Waals surface area contributed by atoms with Crippen LogP contribution in [0.3, 0.4) is 0 Å². The van der Waals surface area contributed by atoms with E-state index in [1.807, 2.05) is 6.07 Å². The highest BCUT2D eigenvalue weighted by Gasteiger charge is 2.17. The fourth-order valence-electron chi connectivity index (χ4n) is 2.57. The highest BCUT2D eigenvalue weighted by molar-refractivity contribution is 5.22. The molecule has 0 atom stereocenters. The molecule has 1 aromatic heterocycles. The molecule has 0 saturated carbocycles. The quantitative estimate of drug-likeness (QED) is 0.867. The molecular formula is C14H15FN2O. The first kappa shape index (κ1) is 11.3. The van der Waals surface area contributed by atoms with Crippen molar-refractivity contribution < 1.29 is 4.39 Å². The Morgan fingerprint density at radius 2 is 2.11 bits per heavy atom. The van der Waals surface area contributed by atoms with Crippen LogP contribution in [0, 0.1) is 5.82 Å². The third-order valence-electron chi connectivity index (χ3n) is 3.47. The van der Waals surface area contributed by atoms with Gasteiger partial charge in [0.05, 0.1) is 6.54 Å². The second-order valence-corrected chi connectivity index (χ2v) is 4.80. The Morgan fingerprint density at radius 3 is 2.89 bits per heavy atom. The molecule has 1 heterocycles. The number of aromatic nitrogens is 2. The summed E-state index contributed by atoms with van der Waals surface area (Å²) in [5, 5.41) is 3.15. The van der Waals surface area contributed by atoms with Crippen LogP contribution in [0.25, 0.3) is 0 Å². The molecule has 0 aliphatic heterocycles. The summed E-state index contributed by atoms with van der Waals surface area (Å²) in [5.41, 5.74) is 2.82. The van der Waals surface area contributed by atoms with Crippen molar-refractivity contribution in [2.24, 2.45) is 0 Å². The van der Waals surface area contributed by atoms with Crippen LogP contribution in [0.2, 0.25) is 0 Å². The van der Waals surface area contributed by atoms with E-state index in [2.05, 4.69) is 5.10 Å². The van der Waals surface area contributed by atoms with Gasteiger partial charge in [-0.1, -0.05) is 12.1 Å². The van der Waals surface area contributed by atoms with Gasteiger partial charge in [-0.25, -0.2) is 9.07 Å². The average molecular weight is 246 g/mol. The van der Waals surface area contributed by atoms with E-state index < -0.39 is 0 Å². The Morgan fingerprint density at radius 1 is 1.28 bits per heavy atom. The van der Waals surface area contributed by atoms with Crippen molar-refractivity contribution in [1.82, 2.24) is 9.78 Å². The maximum absolute atomic E-state index is 13.1. The predicted octanol–water partition coefficient (Wildman–Crippen LogP) is 2.24. The zero-order valence-corrected chi connectivity index (χ0v) is 10.1. The normalized spacial score (nSPS) is 14.5. The first-order valence-electron chi connectivity index (χ1n) is 6.29. The molecule has 0 bridgehead atoms. The van der Waals surface area contributed by atoms with Crippen LogP contribution in [0.4, 0.5) is 4.39 Å². The van der Waals surface area contributed by atoms with Gasteiger partial charge < -0.3 is 0 Å². The summed E-state index contributed by atoms with van der Waals surface area (Å²) >= 11 is 0. The standard InChI is InChI=1S/C14H15FN2O/c15-11-5-3-4-10(8-11)9-17-14(18)12-6-1-2-7-13(12)16-17/h3-5,8,16H,1-2,6-7,9H2. The van der Waals surface area contributed by atoms with Crippen LogP contribution in [-0.4, -0.2) is 9.78 Å². The van der Waals surface area contributed by atoms with Gasteiger partial charge in [0.15, 0.2) is 0 Å². The zero-order chi connectivity index (χ0) is 12.5. The molecule has 1 N–H and O–H groups in total. The Bertz CT molecular complexity index is 627. The molecule has 1 aliphatic rings. The van der Waals surface area contributed by atoms with Crippen LogP contribution in [-0.2, 0) is 19.4 Å². The Hall–Kier alpha value is -1.84. The SMILES string of the molecule is O=c1c2c([nH]n1Cc1cccc(F)c1)CCCC2. The summed E-state index contributed by atoms with van der Waals surface area (Å²) in [4.78, 5) is 12.1. The molecule has 2 aromatic rings. The summed E-state index contributed by atoms with van der Waals surface area (Å²) in [5.74, 6) is -0.267. The van der Waals surface area contributed by atoms with Gasteiger partial charge in [-0.2, -0.15) is 0 Å². The third kappa shape index (κ3) is 1.98. The number of halogens is 1. The summed E-state index contributed by atoms with van der Waals surface area (Å²) in [6.45, 7) is 0.406. The topological polar surface area (TPSA) is 37.8 Å². The minimum Gasteiger partial charge on any atom is -0.299 e. The molecule has 1 aliphatic carbocycles. The lowest BCUT2D eigenvalue weighted by Gasteiger charge is -2.07. The van der Waals surface area contributed by atoms with E-state index >= 15 is 0 Å². The van der Waals surface area contributed by atoms with Crippen molar-refractivity contribution >= 4 is 0 Å². The average Bonchev–Trinajstić information content (AvgIpc) is 2.67. The first-order chi connectivity index (χ1) is 8.74. The zero-order valence-electron chi connectivity index (χ0n) is 10.1. The molecule has 1 aromatic carbocycles. The fourth-order valence-corrected chi connectivity index (χ4v) is 2.57. The Labute approximate surface area is 104 Å². The van der Waals surface area contributed by atoms with Crippen molar-refractivity contribution in [3.63, 3.8) is 0 Å². The number of aryl methyl sites for hydroxylation is 1. The minimum absolute atomic E-state index is 0.0500. The van der Waals surface area contributed by atoms with Crippen molar-refractivity contribution in [2.45, 2.75) is 32.2 Å². The van der Waals surface area contributed by atoms with E-state index in [1.165, 1.54) is 12.1 Å². The van der Waals surface area contributed by atoms with Gasteiger partial charge in [0, 0.05) is 11.3 Å². The van der Waals surface area contributed by atoms with Gasteiger partial charge >= 0.3 is 0 Å². The van der Waals surface area contributed by atoms with Crippen molar-refractivity contribution in [1.29, 1.82) is 0 Å². The highest BCUT2D eigenvalue weighted by Crippen LogP contribution is 2.16. The van der Waals surface area contributed by atoms with Crippen molar-refractivity contribution in [3.8, 4) is 0 Å². The van der Waals surface area contributed by atoms with E-state index in [-0.39, 0.29) is 11.4 Å². The van der Waals surface area contributed by atoms with Crippen LogP contribution in [0.15, 0.2) is 29.1 Å². The monoisotopic (exact) mass is 246 g/mol. The number of nitrogens with zero attached hydrogens (tertiary/aromatic N) is 1. The molecule has 0 saturated heterocycles. The number of hydrogen-bond donors (Lipinski definition) is 1. The predicted molar refractivity (Wildman–Crippen MR) is 67.2 cm³/mol. The molecule has 0 fully saturated rings. The Balaban J connectivity index is 1.94. The fraction of sp³-hybridized carbons (Fsp3) is 0.357. The van der Waals surface area contributed by atoms with Gasteiger partial charge in [0.2, 0.25) is 0 Å². The number of H-pyrrole nitrogens is 1. The minimum atomic E-state index is -0.267. The lowest BCUT2D eigenvalue weighted by molar-refractivity contribution is 0.613. The van der Waals surface area contributed by atoms with Crippen molar-refractivity contribution in [3.05, 3.63) is 57.3 Å². The molecule has 0 radical (unpaired) electrons. The number of rotatable bonds is 2. The first-order valence-corrected chi connectivity index (χ1v) is 6.29. The molecular weight excluding hydrogens is 231 g/mol. The number of hydrogen-bond acceptors (Lipinski definition) is 1. The maximum Gasteiger partial charge on any atom is 0.270 e. The van der Waals surface area contributed by atoms with Crippen LogP contribution < -0.4 is 5.56 Å². The van der Waals surface area contributed by atoms with Gasteiger partial charge in [0.1, 0.15) is 5.82 Å². The third-order valence-corrected chi connectivity index (χ3v) is 3.47. The Kier molecular flexibility index (Phi) is 2.78. The van der Waals surface area contributed by atoms with Gasteiger partial charge in [0.25, 0.3) is 5.56 Å². The molecule has 3 rings (SSSR count). The second kappa shape index (κ2) is 4.44. The van der Waals surface area contributed by atoms with E-state index in [0.717, 1.165) is 42.5 Å². The smallest absolute Gasteiger partial charge is 0.270 e. The maximum atomic E-state index is 13.1. The largest absolute Gasteiger partial charge is 0.299 e. The van der Waals surface area contributed by atoms with Crippen LogP contribution >= 0.6 is 0 Å². The molecule has 94 valence electrons. The van der Waals surface area contributed by atoms with Gasteiger partial charge in [-0.3, -0.25) is 9.89 Å². The molecule has 4 heteroatoms. The van der Waals surface area contributed by atoms with E-state index in [1.54, 1.807) is 10.7 Å². The lowest BCUT2D eigenvalue weighted by Crippen LogP contribution is -2.20. The van der Waals surface area contributed by atoms with Gasteiger partial charge in [-0.05, 0) is 43.4 Å². The molecule has 18 heavy (non-hydrogen) atoms. The molecule has 0 spiro atoms. The van der Waals surface area contributed by atoms with Crippen LogP contribution in [0.5, 0.6) is 0 Å². The van der Waals surface area contributed by atoms with E-state index in [9.17, 15) is 9.18 Å². The number of nitrogens with one attached hydrogen (secondary N) is 1. The summed E-state index contributed by atoms with van der Waals surface area (Å²) < 4.78 is 14.7. The van der Waals surface area contributed by atoms with Crippen molar-refractivity contribution in [2.75, 3.05) is 0 Å². The highest BCUT2D eigenvalue weighted by atomic mass is 19.1. The van der Waals surface area contributed by atoms with E-state index in [4.69, 9.17) is 0 Å². The number of benzene rings is 1.